The Labute approximate surface area is 123 Å². The van der Waals surface area contributed by atoms with E-state index in [0.717, 1.165) is 25.0 Å². The van der Waals surface area contributed by atoms with Gasteiger partial charge in [0.1, 0.15) is 0 Å². The molecule has 1 heterocycles. The van der Waals surface area contributed by atoms with Crippen LogP contribution in [0.2, 0.25) is 5.02 Å². The summed E-state index contributed by atoms with van der Waals surface area (Å²) in [5, 5.41) is 15.7. The molecule has 6 heteroatoms. The minimum atomic E-state index is -0.228. The lowest BCUT2D eigenvalue weighted by Gasteiger charge is -2.30. The maximum absolute atomic E-state index is 11.9. The summed E-state index contributed by atoms with van der Waals surface area (Å²) < 4.78 is 0. The zero-order chi connectivity index (χ0) is 14.6. The second-order valence-corrected chi connectivity index (χ2v) is 5.99. The number of aromatic nitrogens is 1. The van der Waals surface area contributed by atoms with Crippen LogP contribution in [0, 0.1) is 5.41 Å². The summed E-state index contributed by atoms with van der Waals surface area (Å²) in [6.45, 7) is 2.45. The van der Waals surface area contributed by atoms with Gasteiger partial charge in [0.15, 0.2) is 0 Å². The number of rotatable bonds is 4. The molecule has 0 radical (unpaired) electrons. The average Bonchev–Trinajstić information content (AvgIpc) is 2.80. The lowest BCUT2D eigenvalue weighted by molar-refractivity contribution is 0.121. The number of pyridine rings is 1. The van der Waals surface area contributed by atoms with E-state index >= 15 is 0 Å². The highest BCUT2D eigenvalue weighted by Gasteiger charge is 2.39. The van der Waals surface area contributed by atoms with Gasteiger partial charge in [0, 0.05) is 17.7 Å². The first-order valence-electron chi connectivity index (χ1n) is 6.79. The molecular weight excluding hydrogens is 278 g/mol. The molecule has 1 aliphatic rings. The van der Waals surface area contributed by atoms with Gasteiger partial charge in [-0.1, -0.05) is 24.9 Å². The van der Waals surface area contributed by atoms with E-state index in [2.05, 4.69) is 15.6 Å². The van der Waals surface area contributed by atoms with Crippen molar-refractivity contribution >= 4 is 17.6 Å². The van der Waals surface area contributed by atoms with Crippen LogP contribution in [-0.4, -0.2) is 28.8 Å². The predicted octanol–water partition coefficient (Wildman–Crippen LogP) is 2.09. The maximum atomic E-state index is 11.9. The van der Waals surface area contributed by atoms with Gasteiger partial charge in [-0.2, -0.15) is 0 Å². The second kappa shape index (κ2) is 6.41. The molecule has 1 saturated carbocycles. The van der Waals surface area contributed by atoms with Crippen molar-refractivity contribution in [3.05, 3.63) is 29.0 Å². The first-order valence-corrected chi connectivity index (χ1v) is 7.17. The topological polar surface area (TPSA) is 74.2 Å². The van der Waals surface area contributed by atoms with Crippen molar-refractivity contribution in [3.63, 3.8) is 0 Å². The van der Waals surface area contributed by atoms with E-state index in [9.17, 15) is 9.90 Å². The Balaban J connectivity index is 1.82. The summed E-state index contributed by atoms with van der Waals surface area (Å²) in [5.41, 5.74) is 0.538. The summed E-state index contributed by atoms with van der Waals surface area (Å²) in [5.74, 6) is 0. The first kappa shape index (κ1) is 15.1. The molecule has 1 aromatic heterocycles. The van der Waals surface area contributed by atoms with Gasteiger partial charge < -0.3 is 15.7 Å². The van der Waals surface area contributed by atoms with Crippen molar-refractivity contribution in [2.75, 3.05) is 6.61 Å². The van der Waals surface area contributed by atoms with Crippen molar-refractivity contribution in [1.82, 2.24) is 15.6 Å². The van der Waals surface area contributed by atoms with E-state index in [1.165, 1.54) is 0 Å². The van der Waals surface area contributed by atoms with Gasteiger partial charge >= 0.3 is 6.03 Å². The molecule has 0 spiro atoms. The quantitative estimate of drug-likeness (QED) is 0.796. The van der Waals surface area contributed by atoms with Gasteiger partial charge in [0.05, 0.1) is 23.9 Å². The van der Waals surface area contributed by atoms with Crippen molar-refractivity contribution in [1.29, 1.82) is 0 Å². The van der Waals surface area contributed by atoms with E-state index in [4.69, 9.17) is 11.6 Å². The minimum Gasteiger partial charge on any atom is -0.396 e. The lowest BCUT2D eigenvalue weighted by Crippen LogP contribution is -2.48. The predicted molar refractivity (Wildman–Crippen MR) is 77.5 cm³/mol. The third kappa shape index (κ3) is 3.61. The third-order valence-corrected chi connectivity index (χ3v) is 4.19. The lowest BCUT2D eigenvalue weighted by atomic mass is 9.86. The van der Waals surface area contributed by atoms with Crippen LogP contribution < -0.4 is 10.6 Å². The Kier molecular flexibility index (Phi) is 4.83. The minimum absolute atomic E-state index is 0.0191. The molecule has 2 unspecified atom stereocenters. The summed E-state index contributed by atoms with van der Waals surface area (Å²) in [6.07, 6.45) is 4.42. The van der Waals surface area contributed by atoms with Gasteiger partial charge in [-0.05, 0) is 25.0 Å². The number of hydrogen-bond donors (Lipinski definition) is 3. The molecule has 5 nitrogen and oxygen atoms in total. The van der Waals surface area contributed by atoms with Crippen LogP contribution in [-0.2, 0) is 6.54 Å². The highest BCUT2D eigenvalue weighted by molar-refractivity contribution is 6.30. The van der Waals surface area contributed by atoms with E-state index in [0.29, 0.717) is 11.6 Å². The standard InChI is InChI=1S/C14H20ClN3O2/c1-14(9-19)6-2-3-12(14)18-13(20)17-8-11-5-4-10(15)7-16-11/h4-5,7,12,19H,2-3,6,8-9H2,1H3,(H2,17,18,20). The number of hydrogen-bond acceptors (Lipinski definition) is 3. The molecule has 0 aromatic carbocycles. The van der Waals surface area contributed by atoms with Crippen LogP contribution in [0.15, 0.2) is 18.3 Å². The number of nitrogens with zero attached hydrogens (tertiary/aromatic N) is 1. The third-order valence-electron chi connectivity index (χ3n) is 3.97. The zero-order valence-corrected chi connectivity index (χ0v) is 12.3. The highest BCUT2D eigenvalue weighted by atomic mass is 35.5. The molecule has 1 aromatic rings. The maximum Gasteiger partial charge on any atom is 0.315 e. The molecule has 1 fully saturated rings. The fourth-order valence-corrected chi connectivity index (χ4v) is 2.67. The molecular formula is C14H20ClN3O2. The molecule has 110 valence electrons. The number of urea groups is 1. The van der Waals surface area contributed by atoms with Crippen molar-refractivity contribution in [2.45, 2.75) is 38.8 Å². The van der Waals surface area contributed by atoms with Crippen LogP contribution in [0.1, 0.15) is 31.9 Å². The van der Waals surface area contributed by atoms with E-state index in [1.807, 2.05) is 6.92 Å². The Morgan fingerprint density at radius 1 is 1.60 bits per heavy atom. The van der Waals surface area contributed by atoms with Gasteiger partial charge in [-0.3, -0.25) is 4.98 Å². The fourth-order valence-electron chi connectivity index (χ4n) is 2.56. The number of halogens is 1. The summed E-state index contributed by atoms with van der Waals surface area (Å²) in [7, 11) is 0. The number of aliphatic hydroxyl groups is 1. The van der Waals surface area contributed by atoms with Crippen LogP contribution in [0.4, 0.5) is 4.79 Å². The monoisotopic (exact) mass is 297 g/mol. The highest BCUT2D eigenvalue weighted by Crippen LogP contribution is 2.37. The van der Waals surface area contributed by atoms with E-state index < -0.39 is 0 Å². The molecule has 0 bridgehead atoms. The number of carbonyl (C=O) groups excluding carboxylic acids is 1. The molecule has 1 aliphatic carbocycles. The van der Waals surface area contributed by atoms with Crippen LogP contribution in [0.5, 0.6) is 0 Å². The SMILES string of the molecule is CC1(CO)CCCC1NC(=O)NCc1ccc(Cl)cn1. The number of aliphatic hydroxyl groups excluding tert-OH is 1. The molecule has 0 aliphatic heterocycles. The van der Waals surface area contributed by atoms with Gasteiger partial charge in [0.25, 0.3) is 0 Å². The Morgan fingerprint density at radius 2 is 2.40 bits per heavy atom. The van der Waals surface area contributed by atoms with E-state index in [-0.39, 0.29) is 24.1 Å². The molecule has 0 saturated heterocycles. The fraction of sp³-hybridized carbons (Fsp3) is 0.571. The number of carbonyl (C=O) groups is 1. The molecule has 2 atom stereocenters. The summed E-state index contributed by atoms with van der Waals surface area (Å²) in [6, 6.07) is 3.30. The smallest absolute Gasteiger partial charge is 0.315 e. The molecule has 2 amide bonds. The van der Waals surface area contributed by atoms with Crippen molar-refractivity contribution in [3.8, 4) is 0 Å². The van der Waals surface area contributed by atoms with Crippen LogP contribution >= 0.6 is 11.6 Å². The van der Waals surface area contributed by atoms with Gasteiger partial charge in [0.2, 0.25) is 0 Å². The normalized spacial score (nSPS) is 25.4. The Hall–Kier alpha value is -1.33. The molecule has 3 N–H and O–H groups in total. The Morgan fingerprint density at radius 3 is 3.05 bits per heavy atom. The Bertz CT molecular complexity index is 466. The zero-order valence-electron chi connectivity index (χ0n) is 11.5. The largest absolute Gasteiger partial charge is 0.396 e. The summed E-state index contributed by atoms with van der Waals surface area (Å²) >= 11 is 5.75. The number of nitrogens with one attached hydrogen (secondary N) is 2. The van der Waals surface area contributed by atoms with Gasteiger partial charge in [-0.25, -0.2) is 4.79 Å². The van der Waals surface area contributed by atoms with Crippen LogP contribution in [0.25, 0.3) is 0 Å². The van der Waals surface area contributed by atoms with Crippen molar-refractivity contribution < 1.29 is 9.90 Å². The molecule has 20 heavy (non-hydrogen) atoms. The molecule has 2 rings (SSSR count). The van der Waals surface area contributed by atoms with Crippen LogP contribution in [0.3, 0.4) is 0 Å². The first-order chi connectivity index (χ1) is 9.53. The van der Waals surface area contributed by atoms with E-state index in [1.54, 1.807) is 18.3 Å². The second-order valence-electron chi connectivity index (χ2n) is 5.55. The number of amides is 2. The van der Waals surface area contributed by atoms with Crippen molar-refractivity contribution in [2.24, 2.45) is 5.41 Å². The summed E-state index contributed by atoms with van der Waals surface area (Å²) in [4.78, 5) is 16.0. The average molecular weight is 298 g/mol. The van der Waals surface area contributed by atoms with Gasteiger partial charge in [-0.15, -0.1) is 0 Å².